The molecule has 1 saturated carbocycles. The average molecular weight is 460 g/mol. The van der Waals surface area contributed by atoms with Crippen LogP contribution in [0.1, 0.15) is 12.8 Å². The zero-order chi connectivity index (χ0) is 18.5. The van der Waals surface area contributed by atoms with Gasteiger partial charge in [-0.2, -0.15) is 0 Å². The maximum absolute atomic E-state index is 15.0. The van der Waals surface area contributed by atoms with Gasteiger partial charge in [0.1, 0.15) is 5.69 Å². The van der Waals surface area contributed by atoms with Gasteiger partial charge in [0.05, 0.1) is 21.6 Å². The first-order valence-corrected chi connectivity index (χ1v) is 10.5. The number of nitrogens with zero attached hydrogens (tertiary/aromatic N) is 2. The molecule has 0 spiro atoms. The van der Waals surface area contributed by atoms with Gasteiger partial charge in [0.2, 0.25) is 10.0 Å². The Balaban J connectivity index is 1.82. The molecule has 0 radical (unpaired) electrons. The Morgan fingerprint density at radius 1 is 1.31 bits per heavy atom. The summed E-state index contributed by atoms with van der Waals surface area (Å²) < 4.78 is 44.4. The van der Waals surface area contributed by atoms with Crippen LogP contribution < -0.4 is 10.0 Å². The Labute approximate surface area is 162 Å². The normalized spacial score (nSPS) is 14.6. The maximum Gasteiger partial charge on any atom is 0.235 e. The van der Waals surface area contributed by atoms with Crippen LogP contribution in [0.3, 0.4) is 0 Å². The molecule has 2 N–H and O–H groups in total. The topological polar surface area (TPSA) is 75.5 Å². The molecule has 0 amide bonds. The fraction of sp³-hybridized carbons (Fsp3) is 0.188. The summed E-state index contributed by atoms with van der Waals surface area (Å²) in [5, 5.41) is 2.81. The molecule has 1 aliphatic rings. The molecule has 1 aromatic carbocycles. The second kappa shape index (κ2) is 6.40. The number of pyridine rings is 1. The highest BCUT2D eigenvalue weighted by Crippen LogP contribution is 2.37. The van der Waals surface area contributed by atoms with Crippen molar-refractivity contribution in [3.05, 3.63) is 52.1 Å². The number of imidazole rings is 1. The molecule has 0 bridgehead atoms. The number of anilines is 3. The van der Waals surface area contributed by atoms with Gasteiger partial charge in [-0.05, 0) is 31.0 Å². The number of benzene rings is 1. The van der Waals surface area contributed by atoms with E-state index in [2.05, 4.69) is 31.0 Å². The molecule has 4 rings (SSSR count). The van der Waals surface area contributed by atoms with E-state index in [1.165, 1.54) is 16.8 Å². The Hall–Kier alpha value is -1.84. The van der Waals surface area contributed by atoms with Gasteiger partial charge >= 0.3 is 0 Å². The summed E-state index contributed by atoms with van der Waals surface area (Å²) >= 11 is 9.51. The van der Waals surface area contributed by atoms with Crippen molar-refractivity contribution in [3.63, 3.8) is 0 Å². The average Bonchev–Trinajstić information content (AvgIpc) is 3.33. The van der Waals surface area contributed by atoms with Crippen molar-refractivity contribution in [3.8, 4) is 0 Å². The van der Waals surface area contributed by atoms with Crippen LogP contribution in [0.5, 0.6) is 0 Å². The lowest BCUT2D eigenvalue weighted by Crippen LogP contribution is -2.19. The van der Waals surface area contributed by atoms with Gasteiger partial charge in [-0.25, -0.2) is 17.8 Å². The van der Waals surface area contributed by atoms with E-state index in [0.29, 0.717) is 23.6 Å². The van der Waals surface area contributed by atoms with Crippen molar-refractivity contribution in [1.82, 2.24) is 9.38 Å². The van der Waals surface area contributed by atoms with Crippen LogP contribution >= 0.6 is 27.5 Å². The highest BCUT2D eigenvalue weighted by Gasteiger charge is 2.36. The Morgan fingerprint density at radius 3 is 2.77 bits per heavy atom. The van der Waals surface area contributed by atoms with E-state index in [1.54, 1.807) is 24.4 Å². The summed E-state index contributed by atoms with van der Waals surface area (Å²) in [5.74, 6) is -0.676. The first kappa shape index (κ1) is 17.6. The van der Waals surface area contributed by atoms with Gasteiger partial charge in [0.15, 0.2) is 11.5 Å². The van der Waals surface area contributed by atoms with Gasteiger partial charge in [-0.15, -0.1) is 0 Å². The second-order valence-corrected chi connectivity index (χ2v) is 9.27. The monoisotopic (exact) mass is 458 g/mol. The fourth-order valence-corrected chi connectivity index (χ4v) is 4.67. The van der Waals surface area contributed by atoms with Gasteiger partial charge in [0.25, 0.3) is 0 Å². The van der Waals surface area contributed by atoms with Gasteiger partial charge < -0.3 is 9.72 Å². The summed E-state index contributed by atoms with van der Waals surface area (Å²) in [4.78, 5) is 3.97. The standard InChI is InChI=1S/C16H13BrClFN4O2S/c17-9-1-4-12(11(18)7-9)21-15-13(22-26(24,25)10-2-3-10)8-23-6-5-20-16(23)14(15)19/h1,4-8,10,21-22H,2-3H2. The van der Waals surface area contributed by atoms with E-state index in [0.717, 1.165) is 4.47 Å². The number of sulfonamides is 1. The van der Waals surface area contributed by atoms with Crippen LogP contribution in [0, 0.1) is 5.82 Å². The van der Waals surface area contributed by atoms with E-state index >= 15 is 4.39 Å². The van der Waals surface area contributed by atoms with Crippen molar-refractivity contribution >= 4 is 60.3 Å². The van der Waals surface area contributed by atoms with Crippen LogP contribution in [-0.4, -0.2) is 23.1 Å². The number of nitrogens with one attached hydrogen (secondary N) is 2. The molecule has 0 aliphatic heterocycles. The van der Waals surface area contributed by atoms with Crippen molar-refractivity contribution in [1.29, 1.82) is 0 Å². The quantitative estimate of drug-likeness (QED) is 0.587. The summed E-state index contributed by atoms with van der Waals surface area (Å²) in [6, 6.07) is 5.07. The minimum absolute atomic E-state index is 0.0304. The molecule has 26 heavy (non-hydrogen) atoms. The van der Waals surface area contributed by atoms with Crippen LogP contribution in [0.2, 0.25) is 5.02 Å². The largest absolute Gasteiger partial charge is 0.350 e. The minimum atomic E-state index is -3.57. The first-order valence-electron chi connectivity index (χ1n) is 7.74. The fourth-order valence-electron chi connectivity index (χ4n) is 2.56. The van der Waals surface area contributed by atoms with E-state index in [1.807, 2.05) is 0 Å². The molecule has 2 heterocycles. The van der Waals surface area contributed by atoms with Crippen LogP contribution in [0.25, 0.3) is 5.65 Å². The third-order valence-electron chi connectivity index (χ3n) is 4.03. The van der Waals surface area contributed by atoms with Gasteiger partial charge in [0, 0.05) is 23.1 Å². The smallest absolute Gasteiger partial charge is 0.235 e. The van der Waals surface area contributed by atoms with Crippen LogP contribution in [0.4, 0.5) is 21.5 Å². The summed E-state index contributed by atoms with van der Waals surface area (Å²) in [6.45, 7) is 0. The predicted octanol–water partition coefficient (Wildman–Crippen LogP) is 4.54. The van der Waals surface area contributed by atoms with Crippen LogP contribution in [0.15, 0.2) is 41.3 Å². The summed E-state index contributed by atoms with van der Waals surface area (Å²) in [5.41, 5.74) is 0.586. The van der Waals surface area contributed by atoms with Gasteiger partial charge in [-0.3, -0.25) is 4.72 Å². The number of halogens is 3. The van der Waals surface area contributed by atoms with Crippen molar-refractivity contribution in [2.45, 2.75) is 18.1 Å². The lowest BCUT2D eigenvalue weighted by molar-refractivity contribution is 0.600. The van der Waals surface area contributed by atoms with Crippen molar-refractivity contribution in [2.24, 2.45) is 0 Å². The Morgan fingerprint density at radius 2 is 2.08 bits per heavy atom. The molecule has 0 atom stereocenters. The molecule has 136 valence electrons. The highest BCUT2D eigenvalue weighted by atomic mass is 79.9. The molecule has 10 heteroatoms. The molecular weight excluding hydrogens is 447 g/mol. The SMILES string of the molecule is O=S(=O)(Nc1cn2ccnc2c(F)c1Nc1ccc(Br)cc1Cl)C1CC1. The Bertz CT molecular complexity index is 1110. The third-order valence-corrected chi connectivity index (χ3v) is 6.69. The minimum Gasteiger partial charge on any atom is -0.350 e. The van der Waals surface area contributed by atoms with E-state index in [-0.39, 0.29) is 17.0 Å². The zero-order valence-corrected chi connectivity index (χ0v) is 16.4. The molecule has 2 aromatic heterocycles. The first-order chi connectivity index (χ1) is 12.3. The van der Waals surface area contributed by atoms with Gasteiger partial charge in [-0.1, -0.05) is 27.5 Å². The molecular formula is C16H13BrClFN4O2S. The lowest BCUT2D eigenvalue weighted by Gasteiger charge is -2.16. The number of aromatic nitrogens is 2. The predicted molar refractivity (Wildman–Crippen MR) is 103 cm³/mol. The molecule has 1 fully saturated rings. The molecule has 0 unspecified atom stereocenters. The molecule has 0 saturated heterocycles. The second-order valence-electron chi connectivity index (χ2n) is 5.99. The van der Waals surface area contributed by atoms with E-state index in [9.17, 15) is 8.42 Å². The summed E-state index contributed by atoms with van der Waals surface area (Å²) in [6.07, 6.45) is 5.68. The van der Waals surface area contributed by atoms with E-state index < -0.39 is 21.1 Å². The molecule has 6 nitrogen and oxygen atoms in total. The summed E-state index contributed by atoms with van der Waals surface area (Å²) in [7, 11) is -3.57. The third kappa shape index (κ3) is 3.26. The lowest BCUT2D eigenvalue weighted by atomic mass is 10.2. The van der Waals surface area contributed by atoms with Crippen molar-refractivity contribution < 1.29 is 12.8 Å². The number of hydrogen-bond donors (Lipinski definition) is 2. The molecule has 1 aliphatic carbocycles. The van der Waals surface area contributed by atoms with Crippen LogP contribution in [-0.2, 0) is 10.0 Å². The zero-order valence-electron chi connectivity index (χ0n) is 13.2. The van der Waals surface area contributed by atoms with Crippen molar-refractivity contribution in [2.75, 3.05) is 10.0 Å². The Kier molecular flexibility index (Phi) is 4.32. The number of fused-ring (bicyclic) bond motifs is 1. The number of rotatable bonds is 5. The highest BCUT2D eigenvalue weighted by molar-refractivity contribution is 9.10. The van der Waals surface area contributed by atoms with E-state index in [4.69, 9.17) is 11.6 Å². The molecule has 3 aromatic rings. The maximum atomic E-state index is 15.0. The number of hydrogen-bond acceptors (Lipinski definition) is 4.